The number of nitrogens with one attached hydrogen (secondary N) is 1. The molecule has 0 fully saturated rings. The summed E-state index contributed by atoms with van der Waals surface area (Å²) in [5.41, 5.74) is 2.38. The average molecular weight is 374 g/mol. The molecule has 0 bridgehead atoms. The van der Waals surface area contributed by atoms with Gasteiger partial charge in [0, 0.05) is 16.9 Å². The van der Waals surface area contributed by atoms with Gasteiger partial charge in [-0.3, -0.25) is 4.79 Å². The lowest BCUT2D eigenvalue weighted by atomic mass is 10.1. The van der Waals surface area contributed by atoms with Crippen molar-refractivity contribution in [2.24, 2.45) is 0 Å². The van der Waals surface area contributed by atoms with Crippen LogP contribution < -0.4 is 10.1 Å². The first-order valence-corrected chi connectivity index (χ1v) is 8.70. The Kier molecular flexibility index (Phi) is 5.01. The number of para-hydroxylation sites is 1. The molecular weight excluding hydrogens is 354 g/mol. The van der Waals surface area contributed by atoms with E-state index in [1.165, 1.54) is 5.56 Å². The molecule has 1 N–H and O–H groups in total. The van der Waals surface area contributed by atoms with Gasteiger partial charge < -0.3 is 10.1 Å². The highest BCUT2D eigenvalue weighted by atomic mass is 79.9. The Morgan fingerprint density at radius 1 is 1.26 bits per heavy atom. The van der Waals surface area contributed by atoms with Gasteiger partial charge in [-0.2, -0.15) is 0 Å². The van der Waals surface area contributed by atoms with E-state index in [1.54, 1.807) is 0 Å². The maximum Gasteiger partial charge on any atom is 0.261 e. The summed E-state index contributed by atoms with van der Waals surface area (Å²) in [5, 5.41) is 3.07. The van der Waals surface area contributed by atoms with Crippen LogP contribution in [-0.2, 0) is 17.6 Å². The monoisotopic (exact) mass is 373 g/mol. The lowest BCUT2D eigenvalue weighted by molar-refractivity contribution is -0.127. The second-order valence-electron chi connectivity index (χ2n) is 5.99. The quantitative estimate of drug-likeness (QED) is 0.863. The van der Waals surface area contributed by atoms with Crippen LogP contribution in [0.2, 0.25) is 0 Å². The molecule has 1 aliphatic heterocycles. The van der Waals surface area contributed by atoms with E-state index in [-0.39, 0.29) is 11.9 Å². The molecule has 0 aliphatic carbocycles. The molecule has 120 valence electrons. The molecule has 1 heterocycles. The van der Waals surface area contributed by atoms with Crippen LogP contribution >= 0.6 is 15.9 Å². The maximum absolute atomic E-state index is 12.3. The van der Waals surface area contributed by atoms with Crippen LogP contribution in [0.5, 0.6) is 5.75 Å². The van der Waals surface area contributed by atoms with Crippen molar-refractivity contribution in [2.75, 3.05) is 0 Å². The lowest BCUT2D eigenvalue weighted by Crippen LogP contribution is -2.42. The van der Waals surface area contributed by atoms with E-state index in [9.17, 15) is 4.79 Å². The third-order valence-electron chi connectivity index (χ3n) is 4.11. The SMILES string of the molecule is CC(CCc1ccc(Br)cc1)NC(=O)C1Cc2ccccc2O1. The molecule has 2 aromatic rings. The van der Waals surface area contributed by atoms with Gasteiger partial charge in [0.05, 0.1) is 0 Å². The second-order valence-corrected chi connectivity index (χ2v) is 6.91. The van der Waals surface area contributed by atoms with Crippen molar-refractivity contribution in [3.63, 3.8) is 0 Å². The number of benzene rings is 2. The Morgan fingerprint density at radius 3 is 2.74 bits per heavy atom. The molecule has 3 rings (SSSR count). The lowest BCUT2D eigenvalue weighted by Gasteiger charge is -2.17. The predicted octanol–water partition coefficient (Wildman–Crippen LogP) is 3.89. The summed E-state index contributed by atoms with van der Waals surface area (Å²) in [6.07, 6.45) is 2.11. The molecule has 1 amide bonds. The van der Waals surface area contributed by atoms with Crippen molar-refractivity contribution in [3.8, 4) is 5.75 Å². The largest absolute Gasteiger partial charge is 0.480 e. The zero-order chi connectivity index (χ0) is 16.2. The van der Waals surface area contributed by atoms with Crippen molar-refractivity contribution >= 4 is 21.8 Å². The van der Waals surface area contributed by atoms with Gasteiger partial charge in [0.15, 0.2) is 6.10 Å². The highest BCUT2D eigenvalue weighted by Gasteiger charge is 2.29. The van der Waals surface area contributed by atoms with Crippen LogP contribution in [0.1, 0.15) is 24.5 Å². The Balaban J connectivity index is 1.47. The fourth-order valence-electron chi connectivity index (χ4n) is 2.77. The summed E-state index contributed by atoms with van der Waals surface area (Å²) in [5.74, 6) is 0.805. The fourth-order valence-corrected chi connectivity index (χ4v) is 3.03. The summed E-state index contributed by atoms with van der Waals surface area (Å²) in [4.78, 5) is 12.3. The van der Waals surface area contributed by atoms with Crippen molar-refractivity contribution < 1.29 is 9.53 Å². The molecule has 0 aromatic heterocycles. The Hall–Kier alpha value is -1.81. The van der Waals surface area contributed by atoms with Gasteiger partial charge in [0.1, 0.15) is 5.75 Å². The number of ether oxygens (including phenoxy) is 1. The molecule has 0 saturated heterocycles. The summed E-state index contributed by atoms with van der Waals surface area (Å²) in [7, 11) is 0. The maximum atomic E-state index is 12.3. The number of aryl methyl sites for hydroxylation is 1. The molecule has 23 heavy (non-hydrogen) atoms. The van der Waals surface area contributed by atoms with Crippen molar-refractivity contribution in [1.82, 2.24) is 5.32 Å². The van der Waals surface area contributed by atoms with Gasteiger partial charge in [0.2, 0.25) is 0 Å². The van der Waals surface area contributed by atoms with Crippen LogP contribution in [0.4, 0.5) is 0 Å². The normalized spacial score (nSPS) is 17.2. The molecule has 2 atom stereocenters. The van der Waals surface area contributed by atoms with Crippen molar-refractivity contribution in [3.05, 3.63) is 64.1 Å². The van der Waals surface area contributed by atoms with Crippen LogP contribution in [0.15, 0.2) is 53.0 Å². The van der Waals surface area contributed by atoms with Gasteiger partial charge in [-0.05, 0) is 49.1 Å². The Morgan fingerprint density at radius 2 is 2.00 bits per heavy atom. The van der Waals surface area contributed by atoms with Gasteiger partial charge >= 0.3 is 0 Å². The second kappa shape index (κ2) is 7.18. The van der Waals surface area contributed by atoms with Crippen molar-refractivity contribution in [1.29, 1.82) is 0 Å². The van der Waals surface area contributed by atoms with E-state index in [0.29, 0.717) is 6.42 Å². The molecule has 2 aromatic carbocycles. The summed E-state index contributed by atoms with van der Waals surface area (Å²) < 4.78 is 6.81. The zero-order valence-corrected chi connectivity index (χ0v) is 14.7. The van der Waals surface area contributed by atoms with E-state index in [4.69, 9.17) is 4.74 Å². The third-order valence-corrected chi connectivity index (χ3v) is 4.64. The minimum absolute atomic E-state index is 0.0236. The van der Waals surface area contributed by atoms with Gasteiger partial charge in [0.25, 0.3) is 5.91 Å². The summed E-state index contributed by atoms with van der Waals surface area (Å²) >= 11 is 3.44. The van der Waals surface area contributed by atoms with Crippen molar-refractivity contribution in [2.45, 2.75) is 38.3 Å². The topological polar surface area (TPSA) is 38.3 Å². The number of fused-ring (bicyclic) bond motifs is 1. The van der Waals surface area contributed by atoms with E-state index in [0.717, 1.165) is 28.6 Å². The number of amides is 1. The van der Waals surface area contributed by atoms with Crippen LogP contribution in [0, 0.1) is 0 Å². The molecule has 3 nitrogen and oxygen atoms in total. The highest BCUT2D eigenvalue weighted by Crippen LogP contribution is 2.28. The van der Waals surface area contributed by atoms with E-state index >= 15 is 0 Å². The van der Waals surface area contributed by atoms with E-state index in [1.807, 2.05) is 43.3 Å². The van der Waals surface area contributed by atoms with E-state index < -0.39 is 6.10 Å². The minimum Gasteiger partial charge on any atom is -0.480 e. The highest BCUT2D eigenvalue weighted by molar-refractivity contribution is 9.10. The van der Waals surface area contributed by atoms with Crippen LogP contribution in [0.25, 0.3) is 0 Å². The van der Waals surface area contributed by atoms with E-state index in [2.05, 4.69) is 33.4 Å². The number of carbonyl (C=O) groups excluding carboxylic acids is 1. The third kappa shape index (κ3) is 4.14. The standard InChI is InChI=1S/C19H20BrNO2/c1-13(6-7-14-8-10-16(20)11-9-14)21-19(22)18-12-15-4-2-3-5-17(15)23-18/h2-5,8-11,13,18H,6-7,12H2,1H3,(H,21,22). The molecule has 1 aliphatic rings. The molecule has 4 heteroatoms. The molecule has 0 spiro atoms. The number of hydrogen-bond donors (Lipinski definition) is 1. The Bertz CT molecular complexity index is 659. The first kappa shape index (κ1) is 16.1. The number of halogens is 1. The first-order valence-electron chi connectivity index (χ1n) is 7.91. The molecule has 0 radical (unpaired) electrons. The Labute approximate surface area is 145 Å². The molecular formula is C19H20BrNO2. The molecule has 0 saturated carbocycles. The first-order chi connectivity index (χ1) is 11.1. The fraction of sp³-hybridized carbons (Fsp3) is 0.316. The smallest absolute Gasteiger partial charge is 0.261 e. The number of hydrogen-bond acceptors (Lipinski definition) is 2. The van der Waals surface area contributed by atoms with Crippen LogP contribution in [-0.4, -0.2) is 18.1 Å². The average Bonchev–Trinajstić information content (AvgIpc) is 2.98. The zero-order valence-electron chi connectivity index (χ0n) is 13.1. The van der Waals surface area contributed by atoms with Crippen LogP contribution in [0.3, 0.4) is 0 Å². The predicted molar refractivity (Wildman–Crippen MR) is 94.6 cm³/mol. The summed E-state index contributed by atoms with van der Waals surface area (Å²) in [6.45, 7) is 2.04. The summed E-state index contributed by atoms with van der Waals surface area (Å²) in [6, 6.07) is 16.3. The minimum atomic E-state index is -0.400. The number of rotatable bonds is 5. The number of carbonyl (C=O) groups is 1. The molecule has 2 unspecified atom stereocenters. The van der Waals surface area contributed by atoms with Gasteiger partial charge in [-0.15, -0.1) is 0 Å². The van der Waals surface area contributed by atoms with Gasteiger partial charge in [-0.1, -0.05) is 46.3 Å². The van der Waals surface area contributed by atoms with Gasteiger partial charge in [-0.25, -0.2) is 0 Å².